The summed E-state index contributed by atoms with van der Waals surface area (Å²) in [5.41, 5.74) is 10.9. The molecule has 4 rings (SSSR count). The van der Waals surface area contributed by atoms with Gasteiger partial charge in [0.25, 0.3) is 0 Å². The fraction of sp³-hybridized carbons (Fsp3) is 0.211. The molecule has 128 valence electrons. The van der Waals surface area contributed by atoms with Crippen molar-refractivity contribution in [1.82, 2.24) is 0 Å². The van der Waals surface area contributed by atoms with Gasteiger partial charge in [0, 0.05) is 16.6 Å². The van der Waals surface area contributed by atoms with Crippen LogP contribution < -0.4 is 11.1 Å². The molecule has 4 nitrogen and oxygen atoms in total. The Morgan fingerprint density at radius 3 is 2.52 bits per heavy atom. The number of rotatable bonds is 3. The third kappa shape index (κ3) is 3.08. The van der Waals surface area contributed by atoms with Crippen molar-refractivity contribution in [3.8, 4) is 0 Å². The highest BCUT2D eigenvalue weighted by Gasteiger charge is 2.17. The van der Waals surface area contributed by atoms with Gasteiger partial charge in [0.05, 0.1) is 28.4 Å². The number of amides is 1. The summed E-state index contributed by atoms with van der Waals surface area (Å²) in [5.74, 6) is -0.167. The van der Waals surface area contributed by atoms with Crippen molar-refractivity contribution in [2.24, 2.45) is 0 Å². The molecule has 0 saturated carbocycles. The number of fused-ring (bicyclic) bond motifs is 2. The van der Waals surface area contributed by atoms with E-state index < -0.39 is 0 Å². The zero-order valence-corrected chi connectivity index (χ0v) is 14.9. The third-order valence-corrected chi connectivity index (χ3v) is 5.21. The summed E-state index contributed by atoms with van der Waals surface area (Å²) in [4.78, 5) is 12.4. The average Bonchev–Trinajstić information content (AvgIpc) is 3.17. The van der Waals surface area contributed by atoms with E-state index in [0.29, 0.717) is 21.4 Å². The van der Waals surface area contributed by atoms with Gasteiger partial charge in [-0.05, 0) is 54.7 Å². The van der Waals surface area contributed by atoms with Crippen molar-refractivity contribution >= 4 is 51.5 Å². The summed E-state index contributed by atoms with van der Waals surface area (Å²) in [7, 11) is 0. The molecule has 25 heavy (non-hydrogen) atoms. The topological polar surface area (TPSA) is 68.3 Å². The van der Waals surface area contributed by atoms with E-state index in [0.717, 1.165) is 29.4 Å². The summed E-state index contributed by atoms with van der Waals surface area (Å²) in [6.45, 7) is 0. The molecule has 1 aromatic heterocycles. The van der Waals surface area contributed by atoms with E-state index in [2.05, 4.69) is 17.4 Å². The first-order valence-electron chi connectivity index (χ1n) is 8.07. The van der Waals surface area contributed by atoms with Crippen LogP contribution >= 0.6 is 23.2 Å². The first-order chi connectivity index (χ1) is 12.0. The van der Waals surface area contributed by atoms with Crippen molar-refractivity contribution in [3.63, 3.8) is 0 Å². The number of furan rings is 1. The second kappa shape index (κ2) is 6.28. The van der Waals surface area contributed by atoms with Gasteiger partial charge in [-0.15, -0.1) is 0 Å². The van der Waals surface area contributed by atoms with Crippen molar-refractivity contribution in [1.29, 1.82) is 0 Å². The molecule has 1 aliphatic carbocycles. The van der Waals surface area contributed by atoms with Crippen LogP contribution in [0.3, 0.4) is 0 Å². The average molecular weight is 375 g/mol. The highest BCUT2D eigenvalue weighted by atomic mass is 35.5. The van der Waals surface area contributed by atoms with Crippen molar-refractivity contribution in [2.75, 3.05) is 11.1 Å². The number of nitrogen functional groups attached to an aromatic ring is 1. The molecule has 0 radical (unpaired) electrons. The summed E-state index contributed by atoms with van der Waals surface area (Å²) in [6.07, 6.45) is 5.23. The standard InChI is InChI=1S/C19H16Cl2N2O2/c20-15-7-13(8-16(21)19(15)22)23-18(24)6-12-9-25-17-5-11-3-1-2-10(11)4-14(12)17/h4-5,7-9H,1-3,6,22H2,(H,23,24). The van der Waals surface area contributed by atoms with E-state index in [-0.39, 0.29) is 12.3 Å². The van der Waals surface area contributed by atoms with E-state index in [1.54, 1.807) is 18.4 Å². The van der Waals surface area contributed by atoms with E-state index in [9.17, 15) is 4.79 Å². The number of carbonyl (C=O) groups excluding carboxylic acids is 1. The molecule has 0 atom stereocenters. The second-order valence-electron chi connectivity index (χ2n) is 6.31. The number of anilines is 2. The lowest BCUT2D eigenvalue weighted by Gasteiger charge is -2.08. The summed E-state index contributed by atoms with van der Waals surface area (Å²) in [6, 6.07) is 7.42. The number of hydrogen-bond donors (Lipinski definition) is 2. The molecule has 1 amide bonds. The number of hydrogen-bond acceptors (Lipinski definition) is 3. The number of halogens is 2. The quantitative estimate of drug-likeness (QED) is 0.634. The number of aryl methyl sites for hydroxylation is 2. The van der Waals surface area contributed by atoms with Gasteiger partial charge < -0.3 is 15.5 Å². The molecule has 0 spiro atoms. The van der Waals surface area contributed by atoms with E-state index >= 15 is 0 Å². The van der Waals surface area contributed by atoms with Gasteiger partial charge in [0.1, 0.15) is 5.58 Å². The molecular formula is C19H16Cl2N2O2. The summed E-state index contributed by atoms with van der Waals surface area (Å²) >= 11 is 12.0. The first-order valence-corrected chi connectivity index (χ1v) is 8.83. The SMILES string of the molecule is Nc1c(Cl)cc(NC(=O)Cc2coc3cc4c(cc23)CCC4)cc1Cl. The molecular weight excluding hydrogens is 359 g/mol. The van der Waals surface area contributed by atoms with Gasteiger partial charge in [0.15, 0.2) is 0 Å². The molecule has 1 aliphatic rings. The minimum atomic E-state index is -0.167. The molecule has 0 saturated heterocycles. The van der Waals surface area contributed by atoms with Crippen LogP contribution in [-0.4, -0.2) is 5.91 Å². The van der Waals surface area contributed by atoms with Crippen molar-refractivity contribution in [2.45, 2.75) is 25.7 Å². The van der Waals surface area contributed by atoms with Gasteiger partial charge in [-0.3, -0.25) is 4.79 Å². The first kappa shape index (κ1) is 16.3. The maximum Gasteiger partial charge on any atom is 0.228 e. The van der Waals surface area contributed by atoms with E-state index in [4.69, 9.17) is 33.4 Å². The number of nitrogens with two attached hydrogens (primary N) is 1. The molecule has 0 aliphatic heterocycles. The van der Waals surface area contributed by atoms with Gasteiger partial charge in [0.2, 0.25) is 5.91 Å². The predicted octanol–water partition coefficient (Wildman–Crippen LogP) is 4.99. The van der Waals surface area contributed by atoms with E-state index in [1.165, 1.54) is 17.5 Å². The highest BCUT2D eigenvalue weighted by molar-refractivity contribution is 6.39. The molecule has 3 N–H and O–H groups in total. The Morgan fingerprint density at radius 2 is 1.80 bits per heavy atom. The largest absolute Gasteiger partial charge is 0.464 e. The molecule has 2 aromatic carbocycles. The molecule has 3 aromatic rings. The Labute approximate surface area is 154 Å². The highest BCUT2D eigenvalue weighted by Crippen LogP contribution is 2.32. The van der Waals surface area contributed by atoms with Crippen LogP contribution in [0, 0.1) is 0 Å². The molecule has 6 heteroatoms. The zero-order valence-electron chi connectivity index (χ0n) is 13.4. The maximum absolute atomic E-state index is 12.4. The third-order valence-electron chi connectivity index (χ3n) is 4.58. The van der Waals surface area contributed by atoms with Crippen LogP contribution in [0.2, 0.25) is 10.0 Å². The minimum Gasteiger partial charge on any atom is -0.464 e. The van der Waals surface area contributed by atoms with Gasteiger partial charge >= 0.3 is 0 Å². The van der Waals surface area contributed by atoms with Crippen LogP contribution in [0.4, 0.5) is 11.4 Å². The Morgan fingerprint density at radius 1 is 1.12 bits per heavy atom. The van der Waals surface area contributed by atoms with Crippen molar-refractivity contribution < 1.29 is 9.21 Å². The maximum atomic E-state index is 12.4. The van der Waals surface area contributed by atoms with Crippen molar-refractivity contribution in [3.05, 3.63) is 57.3 Å². The Kier molecular flexibility index (Phi) is 4.10. The number of carbonyl (C=O) groups is 1. The molecule has 0 fully saturated rings. The molecule has 1 heterocycles. The smallest absolute Gasteiger partial charge is 0.228 e. The second-order valence-corrected chi connectivity index (χ2v) is 7.12. The molecule has 0 bridgehead atoms. The Bertz CT molecular complexity index is 971. The normalized spacial score (nSPS) is 13.2. The zero-order chi connectivity index (χ0) is 17.6. The van der Waals surface area contributed by atoms with Crippen LogP contribution in [-0.2, 0) is 24.1 Å². The number of nitrogens with one attached hydrogen (secondary N) is 1. The number of benzene rings is 2. The Balaban J connectivity index is 1.56. The van der Waals surface area contributed by atoms with Gasteiger partial charge in [-0.25, -0.2) is 0 Å². The summed E-state index contributed by atoms with van der Waals surface area (Å²) < 4.78 is 5.64. The lowest BCUT2D eigenvalue weighted by Crippen LogP contribution is -2.14. The van der Waals surface area contributed by atoms with Gasteiger partial charge in [-0.2, -0.15) is 0 Å². The fourth-order valence-electron chi connectivity index (χ4n) is 3.32. The monoisotopic (exact) mass is 374 g/mol. The minimum absolute atomic E-state index is 0.167. The fourth-order valence-corrected chi connectivity index (χ4v) is 3.81. The lowest BCUT2D eigenvalue weighted by atomic mass is 10.0. The van der Waals surface area contributed by atoms with Crippen LogP contribution in [0.1, 0.15) is 23.1 Å². The molecule has 0 unspecified atom stereocenters. The lowest BCUT2D eigenvalue weighted by molar-refractivity contribution is -0.115. The summed E-state index contributed by atoms with van der Waals surface area (Å²) in [5, 5.41) is 4.43. The van der Waals surface area contributed by atoms with Crippen LogP contribution in [0.25, 0.3) is 11.0 Å². The van der Waals surface area contributed by atoms with E-state index in [1.807, 2.05) is 0 Å². The van der Waals surface area contributed by atoms with Crippen LogP contribution in [0.5, 0.6) is 0 Å². The predicted molar refractivity (Wildman–Crippen MR) is 101 cm³/mol. The Hall–Kier alpha value is -2.17. The van der Waals surface area contributed by atoms with Gasteiger partial charge in [-0.1, -0.05) is 23.2 Å². The van der Waals surface area contributed by atoms with Crippen LogP contribution in [0.15, 0.2) is 34.9 Å².